The van der Waals surface area contributed by atoms with Gasteiger partial charge in [0.15, 0.2) is 0 Å². The SMILES string of the molecule is CC(CC(=O)O)CN1C(=O)CC2(CCCC2)CC1=O. The lowest BCUT2D eigenvalue weighted by molar-refractivity contribution is -0.155. The van der Waals surface area contributed by atoms with Gasteiger partial charge in [-0.3, -0.25) is 19.3 Å². The highest BCUT2D eigenvalue weighted by atomic mass is 16.4. The van der Waals surface area contributed by atoms with Gasteiger partial charge >= 0.3 is 5.97 Å². The van der Waals surface area contributed by atoms with Crippen LogP contribution in [-0.4, -0.2) is 34.3 Å². The lowest BCUT2D eigenvalue weighted by Gasteiger charge is -2.38. The number of likely N-dealkylation sites (tertiary alicyclic amines) is 1. The number of amides is 2. The zero-order valence-electron chi connectivity index (χ0n) is 11.4. The quantitative estimate of drug-likeness (QED) is 0.788. The van der Waals surface area contributed by atoms with Gasteiger partial charge in [0.25, 0.3) is 0 Å². The molecule has 19 heavy (non-hydrogen) atoms. The minimum Gasteiger partial charge on any atom is -0.481 e. The van der Waals surface area contributed by atoms with Crippen molar-refractivity contribution in [1.82, 2.24) is 4.90 Å². The topological polar surface area (TPSA) is 74.7 Å². The standard InChI is InChI=1S/C14H21NO4/c1-10(6-13(18)19)9-15-11(16)7-14(8-12(15)17)4-2-3-5-14/h10H,2-9H2,1H3,(H,18,19). The molecule has 2 amide bonds. The van der Waals surface area contributed by atoms with Crippen molar-refractivity contribution < 1.29 is 19.5 Å². The Bertz CT molecular complexity index is 378. The van der Waals surface area contributed by atoms with E-state index in [2.05, 4.69) is 0 Å². The minimum atomic E-state index is -0.892. The molecule has 0 bridgehead atoms. The zero-order valence-corrected chi connectivity index (χ0v) is 11.4. The summed E-state index contributed by atoms with van der Waals surface area (Å²) >= 11 is 0. The zero-order chi connectivity index (χ0) is 14.0. The van der Waals surface area contributed by atoms with E-state index in [0.717, 1.165) is 25.7 Å². The Morgan fingerprint density at radius 3 is 2.26 bits per heavy atom. The van der Waals surface area contributed by atoms with Gasteiger partial charge in [0.2, 0.25) is 11.8 Å². The number of carboxylic acids is 1. The molecule has 2 aliphatic rings. The number of carbonyl (C=O) groups excluding carboxylic acids is 2. The van der Waals surface area contributed by atoms with Crippen LogP contribution in [-0.2, 0) is 14.4 Å². The molecule has 1 spiro atoms. The monoisotopic (exact) mass is 267 g/mol. The fraction of sp³-hybridized carbons (Fsp3) is 0.786. The maximum Gasteiger partial charge on any atom is 0.303 e. The fourth-order valence-corrected chi connectivity index (χ4v) is 3.39. The average Bonchev–Trinajstić information content (AvgIpc) is 2.71. The van der Waals surface area contributed by atoms with Crippen LogP contribution in [0.2, 0.25) is 0 Å². The molecule has 0 aromatic heterocycles. The molecule has 1 aliphatic carbocycles. The molecule has 1 saturated carbocycles. The molecule has 2 rings (SSSR count). The van der Waals surface area contributed by atoms with E-state index in [9.17, 15) is 14.4 Å². The van der Waals surface area contributed by atoms with Crippen molar-refractivity contribution in [3.8, 4) is 0 Å². The van der Waals surface area contributed by atoms with E-state index >= 15 is 0 Å². The lowest BCUT2D eigenvalue weighted by Crippen LogP contribution is -2.48. The Kier molecular flexibility index (Phi) is 3.92. The highest BCUT2D eigenvalue weighted by Gasteiger charge is 2.45. The van der Waals surface area contributed by atoms with Gasteiger partial charge in [-0.05, 0) is 24.2 Å². The number of imide groups is 1. The summed E-state index contributed by atoms with van der Waals surface area (Å²) in [7, 11) is 0. The van der Waals surface area contributed by atoms with Crippen molar-refractivity contribution in [2.24, 2.45) is 11.3 Å². The highest BCUT2D eigenvalue weighted by Crippen LogP contribution is 2.46. The van der Waals surface area contributed by atoms with E-state index in [1.165, 1.54) is 4.90 Å². The number of piperidine rings is 1. The Labute approximate surface area is 113 Å². The molecule has 1 unspecified atom stereocenters. The van der Waals surface area contributed by atoms with Crippen LogP contribution in [0.3, 0.4) is 0 Å². The van der Waals surface area contributed by atoms with Crippen molar-refractivity contribution in [3.63, 3.8) is 0 Å². The molecule has 0 aromatic rings. The molecule has 1 N–H and O–H groups in total. The number of hydrogen-bond acceptors (Lipinski definition) is 3. The maximum atomic E-state index is 12.1. The largest absolute Gasteiger partial charge is 0.481 e. The maximum absolute atomic E-state index is 12.1. The van der Waals surface area contributed by atoms with Gasteiger partial charge in [0.05, 0.1) is 0 Å². The van der Waals surface area contributed by atoms with E-state index in [1.807, 2.05) is 0 Å². The van der Waals surface area contributed by atoms with Gasteiger partial charge in [-0.25, -0.2) is 0 Å². The van der Waals surface area contributed by atoms with E-state index in [0.29, 0.717) is 12.8 Å². The molecule has 1 atom stereocenters. The first-order chi connectivity index (χ1) is 8.92. The van der Waals surface area contributed by atoms with Gasteiger partial charge in [0.1, 0.15) is 0 Å². The normalized spacial score (nSPS) is 23.9. The highest BCUT2D eigenvalue weighted by molar-refractivity contribution is 5.98. The van der Waals surface area contributed by atoms with Crippen LogP contribution in [0.4, 0.5) is 0 Å². The molecule has 0 aromatic carbocycles. The number of aliphatic carboxylic acids is 1. The first-order valence-electron chi connectivity index (χ1n) is 6.97. The summed E-state index contributed by atoms with van der Waals surface area (Å²) in [6.45, 7) is 1.99. The number of rotatable bonds is 4. The third-order valence-corrected chi connectivity index (χ3v) is 4.34. The third-order valence-electron chi connectivity index (χ3n) is 4.34. The van der Waals surface area contributed by atoms with E-state index in [4.69, 9.17) is 5.11 Å². The van der Waals surface area contributed by atoms with Crippen molar-refractivity contribution in [3.05, 3.63) is 0 Å². The molecule has 1 saturated heterocycles. The second-order valence-corrected chi connectivity index (χ2v) is 6.16. The molecule has 2 fully saturated rings. The number of carbonyl (C=O) groups is 3. The van der Waals surface area contributed by atoms with Crippen molar-refractivity contribution in [1.29, 1.82) is 0 Å². The predicted octanol–water partition coefficient (Wildman–Crippen LogP) is 1.81. The van der Waals surface area contributed by atoms with E-state index < -0.39 is 5.97 Å². The van der Waals surface area contributed by atoms with Gasteiger partial charge < -0.3 is 5.11 Å². The van der Waals surface area contributed by atoms with Crippen LogP contribution in [0.25, 0.3) is 0 Å². The van der Waals surface area contributed by atoms with E-state index in [-0.39, 0.29) is 36.1 Å². The fourth-order valence-electron chi connectivity index (χ4n) is 3.39. The Balaban J connectivity index is 1.98. The first kappa shape index (κ1) is 14.0. The molecular weight excluding hydrogens is 246 g/mol. The number of nitrogens with zero attached hydrogens (tertiary/aromatic N) is 1. The van der Waals surface area contributed by atoms with E-state index in [1.54, 1.807) is 6.92 Å². The van der Waals surface area contributed by atoms with Gasteiger partial charge in [-0.1, -0.05) is 19.8 Å². The summed E-state index contributed by atoms with van der Waals surface area (Å²) in [5, 5.41) is 8.72. The summed E-state index contributed by atoms with van der Waals surface area (Å²) in [4.78, 5) is 36.2. The molecule has 0 radical (unpaired) electrons. The smallest absolute Gasteiger partial charge is 0.303 e. The summed E-state index contributed by atoms with van der Waals surface area (Å²) in [6, 6.07) is 0. The minimum absolute atomic E-state index is 0.0117. The molecule has 1 heterocycles. The Morgan fingerprint density at radius 2 is 1.79 bits per heavy atom. The van der Waals surface area contributed by atoms with Gasteiger partial charge in [0, 0.05) is 25.8 Å². The number of carboxylic acid groups (broad SMARTS) is 1. The van der Waals surface area contributed by atoms with Crippen LogP contribution < -0.4 is 0 Å². The summed E-state index contributed by atoms with van der Waals surface area (Å²) in [5.74, 6) is -1.31. The van der Waals surface area contributed by atoms with Crippen molar-refractivity contribution >= 4 is 17.8 Å². The summed E-state index contributed by atoms with van der Waals surface area (Å²) in [6.07, 6.45) is 5.07. The summed E-state index contributed by atoms with van der Waals surface area (Å²) in [5.41, 5.74) is -0.0826. The van der Waals surface area contributed by atoms with Crippen LogP contribution in [0.5, 0.6) is 0 Å². The third kappa shape index (κ3) is 3.14. The second-order valence-electron chi connectivity index (χ2n) is 6.16. The second kappa shape index (κ2) is 5.31. The van der Waals surface area contributed by atoms with Crippen LogP contribution in [0, 0.1) is 11.3 Å². The number of hydrogen-bond donors (Lipinski definition) is 1. The molecule has 5 heteroatoms. The molecular formula is C14H21NO4. The van der Waals surface area contributed by atoms with Crippen molar-refractivity contribution in [2.75, 3.05) is 6.54 Å². The van der Waals surface area contributed by atoms with Crippen LogP contribution in [0.1, 0.15) is 51.9 Å². The summed E-state index contributed by atoms with van der Waals surface area (Å²) < 4.78 is 0. The average molecular weight is 267 g/mol. The molecule has 1 aliphatic heterocycles. The van der Waals surface area contributed by atoms with Crippen LogP contribution in [0.15, 0.2) is 0 Å². The Morgan fingerprint density at radius 1 is 1.26 bits per heavy atom. The van der Waals surface area contributed by atoms with Gasteiger partial charge in [-0.15, -0.1) is 0 Å². The lowest BCUT2D eigenvalue weighted by atomic mass is 9.76. The first-order valence-corrected chi connectivity index (χ1v) is 6.97. The van der Waals surface area contributed by atoms with Crippen LogP contribution >= 0.6 is 0 Å². The predicted molar refractivity (Wildman–Crippen MR) is 68.3 cm³/mol. The molecule has 5 nitrogen and oxygen atoms in total. The van der Waals surface area contributed by atoms with Gasteiger partial charge in [-0.2, -0.15) is 0 Å². The van der Waals surface area contributed by atoms with Crippen molar-refractivity contribution in [2.45, 2.75) is 51.9 Å². The Hall–Kier alpha value is -1.39. The molecule has 106 valence electrons.